The van der Waals surface area contributed by atoms with Crippen LogP contribution in [0.25, 0.3) is 0 Å². The summed E-state index contributed by atoms with van der Waals surface area (Å²) in [6.07, 6.45) is 5.83. The van der Waals surface area contributed by atoms with Crippen molar-refractivity contribution in [3.8, 4) is 0 Å². The molecular formula is C26H35N3O3. The van der Waals surface area contributed by atoms with E-state index in [1.165, 1.54) is 0 Å². The van der Waals surface area contributed by atoms with Crippen LogP contribution in [-0.4, -0.2) is 37.5 Å². The first-order valence-electron chi connectivity index (χ1n) is 12.0. The van der Waals surface area contributed by atoms with Gasteiger partial charge in [-0.3, -0.25) is 14.4 Å². The van der Waals surface area contributed by atoms with E-state index >= 15 is 0 Å². The molecule has 1 aliphatic heterocycles. The summed E-state index contributed by atoms with van der Waals surface area (Å²) >= 11 is 0. The second kappa shape index (κ2) is 9.88. The fourth-order valence-corrected chi connectivity index (χ4v) is 5.18. The average molecular weight is 438 g/mol. The summed E-state index contributed by atoms with van der Waals surface area (Å²) in [4.78, 5) is 41.2. The fraction of sp³-hybridized carbons (Fsp3) is 0.577. The van der Waals surface area contributed by atoms with Gasteiger partial charge in [-0.1, -0.05) is 37.3 Å². The van der Waals surface area contributed by atoms with Gasteiger partial charge in [-0.25, -0.2) is 0 Å². The second-order valence-electron chi connectivity index (χ2n) is 9.83. The number of piperidine rings is 1. The highest BCUT2D eigenvalue weighted by molar-refractivity contribution is 5.78. The maximum atomic E-state index is 12.9. The predicted octanol–water partition coefficient (Wildman–Crippen LogP) is 3.40. The summed E-state index contributed by atoms with van der Waals surface area (Å²) in [5.41, 5.74) is 1.56. The Morgan fingerprint density at radius 3 is 2.31 bits per heavy atom. The van der Waals surface area contributed by atoms with Gasteiger partial charge in [-0.05, 0) is 55.9 Å². The zero-order chi connectivity index (χ0) is 22.7. The SMILES string of the molecule is CC1CCN(c2c(NCC3CCC(C(=O)N(C)Cc4ccccc4)CC3)c(=O)c2=O)CC1. The molecule has 1 amide bonds. The number of hydrogen-bond donors (Lipinski definition) is 1. The van der Waals surface area contributed by atoms with Gasteiger partial charge in [-0.2, -0.15) is 0 Å². The fourth-order valence-electron chi connectivity index (χ4n) is 5.18. The average Bonchev–Trinajstić information content (AvgIpc) is 2.82. The third kappa shape index (κ3) is 4.89. The Bertz CT molecular complexity index is 980. The van der Waals surface area contributed by atoms with Gasteiger partial charge in [0.25, 0.3) is 10.9 Å². The summed E-state index contributed by atoms with van der Waals surface area (Å²) in [6, 6.07) is 10.1. The Balaban J connectivity index is 1.25. The number of carbonyl (C=O) groups excluding carboxylic acids is 1. The minimum atomic E-state index is -0.370. The zero-order valence-electron chi connectivity index (χ0n) is 19.3. The lowest BCUT2D eigenvalue weighted by Crippen LogP contribution is -2.45. The van der Waals surface area contributed by atoms with Crippen LogP contribution in [0.1, 0.15) is 51.0 Å². The summed E-state index contributed by atoms with van der Waals surface area (Å²) < 4.78 is 0. The first-order valence-corrected chi connectivity index (χ1v) is 12.0. The van der Waals surface area contributed by atoms with E-state index in [9.17, 15) is 14.4 Å². The van der Waals surface area contributed by atoms with Gasteiger partial charge in [0.15, 0.2) is 0 Å². The topological polar surface area (TPSA) is 69.7 Å². The van der Waals surface area contributed by atoms with E-state index in [1.54, 1.807) is 0 Å². The molecule has 2 aromatic carbocycles. The van der Waals surface area contributed by atoms with E-state index in [1.807, 2.05) is 42.3 Å². The van der Waals surface area contributed by atoms with Crippen LogP contribution < -0.4 is 21.1 Å². The van der Waals surface area contributed by atoms with Crippen molar-refractivity contribution in [3.63, 3.8) is 0 Å². The van der Waals surface area contributed by atoms with Crippen molar-refractivity contribution < 1.29 is 4.79 Å². The van der Waals surface area contributed by atoms with Crippen LogP contribution in [-0.2, 0) is 11.3 Å². The molecule has 6 nitrogen and oxygen atoms in total. The van der Waals surface area contributed by atoms with E-state index in [2.05, 4.69) is 17.1 Å². The molecule has 0 spiro atoms. The van der Waals surface area contributed by atoms with Gasteiger partial charge in [0.1, 0.15) is 11.4 Å². The molecule has 172 valence electrons. The molecule has 1 aliphatic carbocycles. The predicted molar refractivity (Wildman–Crippen MR) is 129 cm³/mol. The molecule has 0 aromatic heterocycles. The Morgan fingerprint density at radius 2 is 1.66 bits per heavy atom. The third-order valence-corrected chi connectivity index (χ3v) is 7.39. The van der Waals surface area contributed by atoms with Crippen LogP contribution in [0.2, 0.25) is 0 Å². The molecule has 6 heteroatoms. The quantitative estimate of drug-likeness (QED) is 0.673. The van der Waals surface area contributed by atoms with E-state index in [-0.39, 0.29) is 22.7 Å². The van der Waals surface area contributed by atoms with Crippen molar-refractivity contribution in [3.05, 3.63) is 56.3 Å². The molecule has 1 saturated heterocycles. The minimum absolute atomic E-state index is 0.0805. The normalized spacial score (nSPS) is 22.1. The molecule has 2 fully saturated rings. The number of nitrogens with zero attached hydrogens (tertiary/aromatic N) is 2. The van der Waals surface area contributed by atoms with E-state index < -0.39 is 0 Å². The van der Waals surface area contributed by atoms with Crippen molar-refractivity contribution in [2.24, 2.45) is 17.8 Å². The minimum Gasteiger partial charge on any atom is -0.380 e. The summed E-state index contributed by atoms with van der Waals surface area (Å²) in [5, 5.41) is 3.30. The van der Waals surface area contributed by atoms with Crippen molar-refractivity contribution in [2.75, 3.05) is 36.9 Å². The molecule has 1 heterocycles. The molecule has 0 atom stereocenters. The molecule has 32 heavy (non-hydrogen) atoms. The number of amides is 1. The maximum Gasteiger partial charge on any atom is 0.253 e. The number of nitrogens with one attached hydrogen (secondary N) is 1. The maximum absolute atomic E-state index is 12.9. The Morgan fingerprint density at radius 1 is 1.00 bits per heavy atom. The first-order chi connectivity index (χ1) is 15.4. The molecule has 1 saturated carbocycles. The van der Waals surface area contributed by atoms with E-state index in [0.29, 0.717) is 36.3 Å². The molecule has 0 radical (unpaired) electrons. The number of rotatable bonds is 7. The second-order valence-corrected chi connectivity index (χ2v) is 9.83. The number of hydrogen-bond acceptors (Lipinski definition) is 5. The molecule has 0 unspecified atom stereocenters. The number of carbonyl (C=O) groups is 1. The van der Waals surface area contributed by atoms with Gasteiger partial charge in [-0.15, -0.1) is 0 Å². The Hall–Kier alpha value is -2.63. The van der Waals surface area contributed by atoms with Crippen molar-refractivity contribution in [2.45, 2.75) is 52.0 Å². The smallest absolute Gasteiger partial charge is 0.253 e. The van der Waals surface area contributed by atoms with Crippen LogP contribution in [0.15, 0.2) is 39.9 Å². The molecule has 0 bridgehead atoms. The highest BCUT2D eigenvalue weighted by Crippen LogP contribution is 2.31. The van der Waals surface area contributed by atoms with Gasteiger partial charge >= 0.3 is 0 Å². The van der Waals surface area contributed by atoms with Crippen LogP contribution in [0.4, 0.5) is 11.4 Å². The standard InChI is InChI=1S/C26H35N3O3/c1-18-12-14-29(15-13-18)23-22(24(30)25(23)31)27-16-19-8-10-21(11-9-19)26(32)28(2)17-20-6-4-3-5-7-20/h3-7,18-19,21,27H,8-17H2,1-2H3. The molecule has 4 rings (SSSR count). The summed E-state index contributed by atoms with van der Waals surface area (Å²) in [5.74, 6) is 1.41. The molecule has 2 aliphatic rings. The first kappa shape index (κ1) is 22.6. The van der Waals surface area contributed by atoms with Gasteiger partial charge in [0.2, 0.25) is 5.91 Å². The summed E-state index contributed by atoms with van der Waals surface area (Å²) in [7, 11) is 1.89. The van der Waals surface area contributed by atoms with E-state index in [4.69, 9.17) is 0 Å². The van der Waals surface area contributed by atoms with Crippen LogP contribution in [0.5, 0.6) is 0 Å². The highest BCUT2D eigenvalue weighted by atomic mass is 16.2. The third-order valence-electron chi connectivity index (χ3n) is 7.39. The van der Waals surface area contributed by atoms with Crippen molar-refractivity contribution >= 4 is 17.3 Å². The largest absolute Gasteiger partial charge is 0.380 e. The van der Waals surface area contributed by atoms with Crippen LogP contribution in [0, 0.1) is 17.8 Å². The van der Waals surface area contributed by atoms with Crippen LogP contribution in [0.3, 0.4) is 0 Å². The molecular weight excluding hydrogens is 402 g/mol. The van der Waals surface area contributed by atoms with Gasteiger partial charge in [0.05, 0.1) is 0 Å². The lowest BCUT2D eigenvalue weighted by atomic mass is 9.81. The Labute approximate surface area is 190 Å². The lowest BCUT2D eigenvalue weighted by molar-refractivity contribution is -0.136. The van der Waals surface area contributed by atoms with Gasteiger partial charge < -0.3 is 15.1 Å². The highest BCUT2D eigenvalue weighted by Gasteiger charge is 2.31. The monoisotopic (exact) mass is 437 g/mol. The number of benzene rings is 1. The molecule has 2 aromatic rings. The summed E-state index contributed by atoms with van der Waals surface area (Å²) in [6.45, 7) is 5.28. The van der Waals surface area contributed by atoms with Crippen LogP contribution >= 0.6 is 0 Å². The van der Waals surface area contributed by atoms with E-state index in [0.717, 1.165) is 57.2 Å². The zero-order valence-corrected chi connectivity index (χ0v) is 19.3. The molecule has 1 N–H and O–H groups in total. The number of anilines is 2. The van der Waals surface area contributed by atoms with Gasteiger partial charge in [0, 0.05) is 39.1 Å². The van der Waals surface area contributed by atoms with Crippen molar-refractivity contribution in [1.82, 2.24) is 4.90 Å². The lowest BCUT2D eigenvalue weighted by Gasteiger charge is -2.34. The Kier molecular flexibility index (Phi) is 6.97. The van der Waals surface area contributed by atoms with Crippen molar-refractivity contribution in [1.29, 1.82) is 0 Å².